The molecule has 29 heavy (non-hydrogen) atoms. The number of ether oxygens (including phenoxy) is 2. The van der Waals surface area contributed by atoms with E-state index in [4.69, 9.17) is 32.7 Å². The Bertz CT molecular complexity index is 995. The summed E-state index contributed by atoms with van der Waals surface area (Å²) in [5.41, 5.74) is 5.62. The molecule has 0 saturated heterocycles. The van der Waals surface area contributed by atoms with Gasteiger partial charge in [0.05, 0.1) is 28.6 Å². The van der Waals surface area contributed by atoms with Crippen molar-refractivity contribution in [1.29, 1.82) is 0 Å². The lowest BCUT2D eigenvalue weighted by molar-refractivity contribution is 0.269. The minimum absolute atomic E-state index is 0.458. The average molecular weight is 494 g/mol. The van der Waals surface area contributed by atoms with E-state index in [1.807, 2.05) is 49.4 Å². The molecule has 0 spiro atoms. The van der Waals surface area contributed by atoms with Gasteiger partial charge in [-0.1, -0.05) is 51.3 Å². The van der Waals surface area contributed by atoms with Gasteiger partial charge < -0.3 is 9.47 Å². The van der Waals surface area contributed by atoms with Gasteiger partial charge in [0.2, 0.25) is 0 Å². The molecule has 0 aliphatic heterocycles. The van der Waals surface area contributed by atoms with Gasteiger partial charge in [-0.3, -0.25) is 5.43 Å². The van der Waals surface area contributed by atoms with Gasteiger partial charge in [-0.15, -0.1) is 0 Å². The van der Waals surface area contributed by atoms with Crippen molar-refractivity contribution in [2.45, 2.75) is 13.5 Å². The van der Waals surface area contributed by atoms with Crippen LogP contribution in [0.3, 0.4) is 0 Å². The molecular formula is C22H19BrCl2N2O2. The molecule has 150 valence electrons. The summed E-state index contributed by atoms with van der Waals surface area (Å²) < 4.78 is 12.7. The number of hydrogen-bond acceptors (Lipinski definition) is 4. The molecule has 0 amide bonds. The van der Waals surface area contributed by atoms with Crippen LogP contribution in [-0.2, 0) is 6.61 Å². The number of anilines is 1. The highest BCUT2D eigenvalue weighted by Crippen LogP contribution is 2.29. The lowest BCUT2D eigenvalue weighted by Crippen LogP contribution is -2.00. The molecule has 0 bridgehead atoms. The Hall–Kier alpha value is -2.21. The summed E-state index contributed by atoms with van der Waals surface area (Å²) in [5, 5.41) is 5.21. The van der Waals surface area contributed by atoms with Gasteiger partial charge in [0, 0.05) is 4.47 Å². The van der Waals surface area contributed by atoms with Gasteiger partial charge in [-0.2, -0.15) is 5.10 Å². The van der Waals surface area contributed by atoms with Gasteiger partial charge in [-0.25, -0.2) is 0 Å². The minimum atomic E-state index is 0.458. The van der Waals surface area contributed by atoms with Crippen LogP contribution in [0.1, 0.15) is 18.1 Å². The summed E-state index contributed by atoms with van der Waals surface area (Å²) in [6.45, 7) is 2.93. The van der Waals surface area contributed by atoms with E-state index in [9.17, 15) is 0 Å². The van der Waals surface area contributed by atoms with E-state index in [0.29, 0.717) is 34.8 Å². The Labute approximate surface area is 188 Å². The standard InChI is InChI=1S/C22H19BrCl2N2O2/c1-2-28-22-11-16(13-26-27-18-8-9-19(24)20(25)12-18)5-10-21(22)29-14-15-3-6-17(23)7-4-15/h3-13,27H,2,14H2,1H3. The van der Waals surface area contributed by atoms with Crippen LogP contribution in [-0.4, -0.2) is 12.8 Å². The zero-order valence-electron chi connectivity index (χ0n) is 15.7. The Balaban J connectivity index is 1.67. The van der Waals surface area contributed by atoms with Gasteiger partial charge in [0.1, 0.15) is 6.61 Å². The highest BCUT2D eigenvalue weighted by atomic mass is 79.9. The molecule has 0 atom stereocenters. The third kappa shape index (κ3) is 6.39. The van der Waals surface area contributed by atoms with Gasteiger partial charge in [-0.05, 0) is 66.6 Å². The summed E-state index contributed by atoms with van der Waals surface area (Å²) >= 11 is 15.4. The molecule has 0 radical (unpaired) electrons. The highest BCUT2D eigenvalue weighted by molar-refractivity contribution is 9.10. The monoisotopic (exact) mass is 492 g/mol. The molecule has 0 saturated carbocycles. The van der Waals surface area contributed by atoms with Gasteiger partial charge >= 0.3 is 0 Å². The molecule has 0 fully saturated rings. The van der Waals surface area contributed by atoms with Crippen molar-refractivity contribution < 1.29 is 9.47 Å². The van der Waals surface area contributed by atoms with Crippen LogP contribution < -0.4 is 14.9 Å². The van der Waals surface area contributed by atoms with E-state index in [2.05, 4.69) is 26.5 Å². The van der Waals surface area contributed by atoms with E-state index in [1.54, 1.807) is 24.4 Å². The van der Waals surface area contributed by atoms with Crippen LogP contribution in [0.2, 0.25) is 10.0 Å². The largest absolute Gasteiger partial charge is 0.490 e. The summed E-state index contributed by atoms with van der Waals surface area (Å²) in [4.78, 5) is 0. The molecule has 3 rings (SSSR count). The fraction of sp³-hybridized carbons (Fsp3) is 0.136. The van der Waals surface area contributed by atoms with Crippen molar-refractivity contribution in [1.82, 2.24) is 0 Å². The molecule has 0 aliphatic carbocycles. The summed E-state index contributed by atoms with van der Waals surface area (Å²) in [5.74, 6) is 1.35. The first-order chi connectivity index (χ1) is 14.0. The Morgan fingerprint density at radius 3 is 2.45 bits per heavy atom. The second-order valence-electron chi connectivity index (χ2n) is 6.05. The zero-order valence-corrected chi connectivity index (χ0v) is 18.8. The van der Waals surface area contributed by atoms with Crippen LogP contribution >= 0.6 is 39.1 Å². The normalized spacial score (nSPS) is 10.9. The smallest absolute Gasteiger partial charge is 0.161 e. The molecule has 0 aromatic heterocycles. The van der Waals surface area contributed by atoms with Crippen LogP contribution in [0.15, 0.2) is 70.2 Å². The van der Waals surface area contributed by atoms with E-state index in [0.717, 1.165) is 21.3 Å². The van der Waals surface area contributed by atoms with Gasteiger partial charge in [0.25, 0.3) is 0 Å². The molecule has 3 aromatic rings. The van der Waals surface area contributed by atoms with Crippen molar-refractivity contribution >= 4 is 51.0 Å². The first kappa shape index (κ1) is 21.5. The summed E-state index contributed by atoms with van der Waals surface area (Å²) in [6, 6.07) is 18.9. The third-order valence-electron chi connectivity index (χ3n) is 3.90. The molecule has 4 nitrogen and oxygen atoms in total. The predicted molar refractivity (Wildman–Crippen MR) is 124 cm³/mol. The van der Waals surface area contributed by atoms with Crippen LogP contribution in [0.25, 0.3) is 0 Å². The van der Waals surface area contributed by atoms with Crippen molar-refractivity contribution in [2.75, 3.05) is 12.0 Å². The van der Waals surface area contributed by atoms with Crippen molar-refractivity contribution in [3.05, 3.63) is 86.3 Å². The number of hydrazone groups is 1. The fourth-order valence-corrected chi connectivity index (χ4v) is 3.04. The number of benzene rings is 3. The van der Waals surface area contributed by atoms with E-state index in [-0.39, 0.29) is 0 Å². The number of nitrogens with zero attached hydrogens (tertiary/aromatic N) is 1. The summed E-state index contributed by atoms with van der Waals surface area (Å²) in [6.07, 6.45) is 1.70. The predicted octanol–water partition coefficient (Wildman–Crippen LogP) is 7.18. The second-order valence-corrected chi connectivity index (χ2v) is 7.78. The molecular weight excluding hydrogens is 475 g/mol. The Morgan fingerprint density at radius 2 is 1.72 bits per heavy atom. The maximum atomic E-state index is 6.01. The van der Waals surface area contributed by atoms with E-state index < -0.39 is 0 Å². The number of halogens is 3. The molecule has 3 aromatic carbocycles. The van der Waals surface area contributed by atoms with Crippen molar-refractivity contribution in [2.24, 2.45) is 5.10 Å². The van der Waals surface area contributed by atoms with Crippen LogP contribution in [0, 0.1) is 0 Å². The summed E-state index contributed by atoms with van der Waals surface area (Å²) in [7, 11) is 0. The van der Waals surface area contributed by atoms with E-state index in [1.165, 1.54) is 0 Å². The first-order valence-electron chi connectivity index (χ1n) is 8.93. The van der Waals surface area contributed by atoms with Crippen LogP contribution in [0.4, 0.5) is 5.69 Å². The van der Waals surface area contributed by atoms with E-state index >= 15 is 0 Å². The molecule has 0 unspecified atom stereocenters. The van der Waals surface area contributed by atoms with Crippen molar-refractivity contribution in [3.63, 3.8) is 0 Å². The minimum Gasteiger partial charge on any atom is -0.490 e. The number of nitrogens with one attached hydrogen (secondary N) is 1. The average Bonchev–Trinajstić information content (AvgIpc) is 2.71. The number of rotatable bonds is 8. The first-order valence-corrected chi connectivity index (χ1v) is 10.5. The molecule has 0 aliphatic rings. The maximum absolute atomic E-state index is 6.01. The Kier molecular flexibility index (Phi) is 7.81. The lowest BCUT2D eigenvalue weighted by Gasteiger charge is -2.12. The SMILES string of the molecule is CCOc1cc(C=NNc2ccc(Cl)c(Cl)c2)ccc1OCc1ccc(Br)cc1. The molecule has 0 heterocycles. The molecule has 1 N–H and O–H groups in total. The highest BCUT2D eigenvalue weighted by Gasteiger charge is 2.07. The van der Waals surface area contributed by atoms with Crippen LogP contribution in [0.5, 0.6) is 11.5 Å². The number of hydrogen-bond donors (Lipinski definition) is 1. The lowest BCUT2D eigenvalue weighted by atomic mass is 10.2. The fourth-order valence-electron chi connectivity index (χ4n) is 2.48. The van der Waals surface area contributed by atoms with Crippen molar-refractivity contribution in [3.8, 4) is 11.5 Å². The second kappa shape index (κ2) is 10.5. The molecule has 7 heteroatoms. The maximum Gasteiger partial charge on any atom is 0.161 e. The quantitative estimate of drug-likeness (QED) is 0.267. The zero-order chi connectivity index (χ0) is 20.6. The third-order valence-corrected chi connectivity index (χ3v) is 5.17. The topological polar surface area (TPSA) is 42.8 Å². The Morgan fingerprint density at radius 1 is 0.931 bits per heavy atom. The van der Waals surface area contributed by atoms with Gasteiger partial charge in [0.15, 0.2) is 11.5 Å².